The van der Waals surface area contributed by atoms with Gasteiger partial charge in [0.05, 0.1) is 11.3 Å². The number of nitrogens with zero attached hydrogens (tertiary/aromatic N) is 3. The van der Waals surface area contributed by atoms with Crippen molar-refractivity contribution in [2.75, 3.05) is 5.32 Å². The van der Waals surface area contributed by atoms with Crippen LogP contribution in [-0.4, -0.2) is 9.97 Å². The predicted octanol–water partition coefficient (Wildman–Crippen LogP) is 4.35. The quantitative estimate of drug-likeness (QED) is 0.853. The number of hydrogen-bond donors (Lipinski definition) is 1. The van der Waals surface area contributed by atoms with Gasteiger partial charge in [0, 0.05) is 17.5 Å². The van der Waals surface area contributed by atoms with Crippen molar-refractivity contribution in [1.29, 1.82) is 5.26 Å². The summed E-state index contributed by atoms with van der Waals surface area (Å²) in [4.78, 5) is 8.51. The summed E-state index contributed by atoms with van der Waals surface area (Å²) in [5, 5.41) is 13.1. The highest BCUT2D eigenvalue weighted by molar-refractivity contribution is 6.31. The second kappa shape index (κ2) is 6.56. The second-order valence-corrected chi connectivity index (χ2v) is 4.99. The van der Waals surface area contributed by atoms with Crippen LogP contribution in [0.15, 0.2) is 24.3 Å². The number of halogens is 2. The molecular formula is C14H12Cl2N4. The van der Waals surface area contributed by atoms with Crippen molar-refractivity contribution >= 4 is 34.7 Å². The van der Waals surface area contributed by atoms with Gasteiger partial charge in [-0.1, -0.05) is 30.1 Å². The molecule has 0 aliphatic carbocycles. The van der Waals surface area contributed by atoms with Crippen LogP contribution in [0.5, 0.6) is 0 Å². The molecule has 1 aromatic heterocycles. The summed E-state index contributed by atoms with van der Waals surface area (Å²) >= 11 is 11.9. The lowest BCUT2D eigenvalue weighted by molar-refractivity contribution is 0.837. The Morgan fingerprint density at radius 1 is 1.25 bits per heavy atom. The lowest BCUT2D eigenvalue weighted by Crippen LogP contribution is -2.01. The SMILES string of the molecule is CCCc1nc(Cl)cc(Nc2cc(Cl)ccc2C#N)n1. The first-order chi connectivity index (χ1) is 9.62. The van der Waals surface area contributed by atoms with Gasteiger partial charge in [-0.25, -0.2) is 9.97 Å². The van der Waals surface area contributed by atoms with E-state index in [1.54, 1.807) is 24.3 Å². The van der Waals surface area contributed by atoms with Gasteiger partial charge in [0.2, 0.25) is 0 Å². The minimum atomic E-state index is 0.367. The minimum Gasteiger partial charge on any atom is -0.339 e. The third-order valence-electron chi connectivity index (χ3n) is 2.58. The zero-order valence-corrected chi connectivity index (χ0v) is 12.3. The highest BCUT2D eigenvalue weighted by Gasteiger charge is 2.07. The molecule has 0 unspecified atom stereocenters. The van der Waals surface area contributed by atoms with Crippen molar-refractivity contribution in [3.05, 3.63) is 45.8 Å². The van der Waals surface area contributed by atoms with E-state index in [4.69, 9.17) is 28.5 Å². The summed E-state index contributed by atoms with van der Waals surface area (Å²) in [5.74, 6) is 1.22. The Balaban J connectivity index is 2.35. The summed E-state index contributed by atoms with van der Waals surface area (Å²) in [6.07, 6.45) is 1.68. The number of hydrogen-bond acceptors (Lipinski definition) is 4. The molecule has 0 saturated carbocycles. The van der Waals surface area contributed by atoms with Crippen molar-refractivity contribution in [3.8, 4) is 6.07 Å². The van der Waals surface area contributed by atoms with Crippen molar-refractivity contribution in [2.24, 2.45) is 0 Å². The Bertz CT molecular complexity index is 665. The van der Waals surface area contributed by atoms with E-state index in [0.717, 1.165) is 12.8 Å². The van der Waals surface area contributed by atoms with Gasteiger partial charge in [-0.2, -0.15) is 5.26 Å². The van der Waals surface area contributed by atoms with Crippen LogP contribution >= 0.6 is 23.2 Å². The summed E-state index contributed by atoms with van der Waals surface area (Å²) in [7, 11) is 0. The molecule has 1 N–H and O–H groups in total. The number of rotatable bonds is 4. The average molecular weight is 307 g/mol. The predicted molar refractivity (Wildman–Crippen MR) is 80.5 cm³/mol. The van der Waals surface area contributed by atoms with Crippen LogP contribution in [0.1, 0.15) is 24.7 Å². The van der Waals surface area contributed by atoms with Gasteiger partial charge in [0.25, 0.3) is 0 Å². The summed E-state index contributed by atoms with van der Waals surface area (Å²) in [5.41, 5.74) is 1.08. The van der Waals surface area contributed by atoms with Crippen LogP contribution in [-0.2, 0) is 6.42 Å². The maximum absolute atomic E-state index is 9.09. The third kappa shape index (κ3) is 3.60. The summed E-state index contributed by atoms with van der Waals surface area (Å²) < 4.78 is 0. The van der Waals surface area contributed by atoms with Crippen molar-refractivity contribution < 1.29 is 0 Å². The molecule has 0 aliphatic heterocycles. The van der Waals surface area contributed by atoms with Gasteiger partial charge in [-0.05, 0) is 24.6 Å². The van der Waals surface area contributed by atoms with E-state index in [1.165, 1.54) is 0 Å². The summed E-state index contributed by atoms with van der Waals surface area (Å²) in [6, 6.07) is 8.71. The lowest BCUT2D eigenvalue weighted by atomic mass is 10.2. The molecule has 0 saturated heterocycles. The highest BCUT2D eigenvalue weighted by Crippen LogP contribution is 2.24. The monoisotopic (exact) mass is 306 g/mol. The highest BCUT2D eigenvalue weighted by atomic mass is 35.5. The molecule has 0 amide bonds. The maximum atomic E-state index is 9.09. The fraction of sp³-hybridized carbons (Fsp3) is 0.214. The molecule has 0 radical (unpaired) electrons. The number of aromatic nitrogens is 2. The molecule has 20 heavy (non-hydrogen) atoms. The molecule has 0 fully saturated rings. The van der Waals surface area contributed by atoms with Gasteiger partial charge >= 0.3 is 0 Å². The second-order valence-electron chi connectivity index (χ2n) is 4.17. The zero-order chi connectivity index (χ0) is 14.5. The molecule has 1 aromatic carbocycles. The van der Waals surface area contributed by atoms with Crippen LogP contribution in [0, 0.1) is 11.3 Å². The van der Waals surface area contributed by atoms with Crippen LogP contribution in [0.3, 0.4) is 0 Å². The molecule has 0 spiro atoms. The molecule has 102 valence electrons. The third-order valence-corrected chi connectivity index (χ3v) is 3.01. The van der Waals surface area contributed by atoms with Crippen LogP contribution in [0.25, 0.3) is 0 Å². The molecule has 2 rings (SSSR count). The molecule has 6 heteroatoms. The maximum Gasteiger partial charge on any atom is 0.135 e. The lowest BCUT2D eigenvalue weighted by Gasteiger charge is -2.09. The first-order valence-electron chi connectivity index (χ1n) is 6.12. The van der Waals surface area contributed by atoms with E-state index >= 15 is 0 Å². The zero-order valence-electron chi connectivity index (χ0n) is 10.8. The molecule has 1 heterocycles. The average Bonchev–Trinajstić information content (AvgIpc) is 2.38. The van der Waals surface area contributed by atoms with Crippen molar-refractivity contribution in [1.82, 2.24) is 9.97 Å². The first kappa shape index (κ1) is 14.6. The first-order valence-corrected chi connectivity index (χ1v) is 6.88. The van der Waals surface area contributed by atoms with E-state index in [0.29, 0.717) is 33.1 Å². The summed E-state index contributed by atoms with van der Waals surface area (Å²) in [6.45, 7) is 2.04. The molecule has 0 bridgehead atoms. The normalized spacial score (nSPS) is 10.1. The molecule has 2 aromatic rings. The van der Waals surface area contributed by atoms with Crippen molar-refractivity contribution in [2.45, 2.75) is 19.8 Å². The Labute approximate surface area is 127 Å². The topological polar surface area (TPSA) is 61.6 Å². The Morgan fingerprint density at radius 3 is 2.75 bits per heavy atom. The van der Waals surface area contributed by atoms with Gasteiger partial charge < -0.3 is 5.32 Å². The Kier molecular flexibility index (Phi) is 4.78. The van der Waals surface area contributed by atoms with Gasteiger partial charge in [0.1, 0.15) is 22.9 Å². The van der Waals surface area contributed by atoms with Crippen LogP contribution in [0.4, 0.5) is 11.5 Å². The molecular weight excluding hydrogens is 295 g/mol. The van der Waals surface area contributed by atoms with E-state index in [9.17, 15) is 0 Å². The van der Waals surface area contributed by atoms with Crippen LogP contribution in [0.2, 0.25) is 10.2 Å². The number of aryl methyl sites for hydroxylation is 1. The van der Waals surface area contributed by atoms with Crippen LogP contribution < -0.4 is 5.32 Å². The van der Waals surface area contributed by atoms with Gasteiger partial charge in [0.15, 0.2) is 0 Å². The van der Waals surface area contributed by atoms with E-state index < -0.39 is 0 Å². The number of anilines is 2. The fourth-order valence-electron chi connectivity index (χ4n) is 1.72. The van der Waals surface area contributed by atoms with E-state index in [2.05, 4.69) is 21.4 Å². The Hall–Kier alpha value is -1.83. The molecule has 0 aliphatic rings. The van der Waals surface area contributed by atoms with E-state index in [-0.39, 0.29) is 0 Å². The standard InChI is InChI=1S/C14H12Cl2N4/c1-2-3-13-19-12(16)7-14(20-13)18-11-6-10(15)5-4-9(11)8-17/h4-7H,2-3H2,1H3,(H,18,19,20). The van der Waals surface area contributed by atoms with E-state index in [1.807, 2.05) is 6.92 Å². The van der Waals surface area contributed by atoms with Gasteiger partial charge in [-0.3, -0.25) is 0 Å². The molecule has 0 atom stereocenters. The smallest absolute Gasteiger partial charge is 0.135 e. The number of nitrogens with one attached hydrogen (secondary N) is 1. The van der Waals surface area contributed by atoms with Gasteiger partial charge in [-0.15, -0.1) is 0 Å². The number of nitriles is 1. The molecule has 4 nitrogen and oxygen atoms in total. The number of benzene rings is 1. The minimum absolute atomic E-state index is 0.367. The Morgan fingerprint density at radius 2 is 2.05 bits per heavy atom. The largest absolute Gasteiger partial charge is 0.339 e. The van der Waals surface area contributed by atoms with Crippen molar-refractivity contribution in [3.63, 3.8) is 0 Å². The fourth-order valence-corrected chi connectivity index (χ4v) is 2.09.